The van der Waals surface area contributed by atoms with Crippen LogP contribution in [0.2, 0.25) is 0 Å². The molecule has 1 unspecified atom stereocenters. The van der Waals surface area contributed by atoms with Gasteiger partial charge in [-0.05, 0) is 37.2 Å². The lowest BCUT2D eigenvalue weighted by atomic mass is 9.87. The van der Waals surface area contributed by atoms with Gasteiger partial charge in [0.2, 0.25) is 0 Å². The van der Waals surface area contributed by atoms with Gasteiger partial charge in [-0.25, -0.2) is 4.79 Å². The average Bonchev–Trinajstić information content (AvgIpc) is 2.67. The molecule has 2 aliphatic rings. The minimum absolute atomic E-state index is 0.0531. The van der Waals surface area contributed by atoms with Gasteiger partial charge < -0.3 is 19.7 Å². The molecule has 25 heavy (non-hydrogen) atoms. The molecule has 1 saturated carbocycles. The number of amides is 1. The topological polar surface area (TPSA) is 50.8 Å². The van der Waals surface area contributed by atoms with Gasteiger partial charge in [0.25, 0.3) is 0 Å². The van der Waals surface area contributed by atoms with Crippen LogP contribution in [0.4, 0.5) is 4.79 Å². The van der Waals surface area contributed by atoms with Crippen LogP contribution < -0.4 is 5.32 Å². The molecule has 138 valence electrons. The lowest BCUT2D eigenvalue weighted by Gasteiger charge is -2.34. The van der Waals surface area contributed by atoms with Crippen molar-refractivity contribution in [3.63, 3.8) is 0 Å². The first-order valence-corrected chi connectivity index (χ1v) is 9.51. The molecule has 0 radical (unpaired) electrons. The second-order valence-corrected chi connectivity index (χ2v) is 7.34. The molecule has 1 atom stereocenters. The van der Waals surface area contributed by atoms with Crippen LogP contribution in [0.25, 0.3) is 0 Å². The van der Waals surface area contributed by atoms with Gasteiger partial charge in [0.05, 0.1) is 19.3 Å². The number of hydrogen-bond donors (Lipinski definition) is 1. The molecule has 0 spiro atoms. The Kier molecular flexibility index (Phi) is 6.70. The van der Waals surface area contributed by atoms with Crippen molar-refractivity contribution in [3.05, 3.63) is 35.9 Å². The molecule has 2 fully saturated rings. The Bertz CT molecular complexity index is 529. The highest BCUT2D eigenvalue weighted by Crippen LogP contribution is 2.23. The molecule has 1 amide bonds. The van der Waals surface area contributed by atoms with E-state index in [-0.39, 0.29) is 12.2 Å². The number of benzene rings is 1. The van der Waals surface area contributed by atoms with Gasteiger partial charge in [0.1, 0.15) is 6.61 Å². The quantitative estimate of drug-likeness (QED) is 0.890. The maximum absolute atomic E-state index is 12.3. The highest BCUT2D eigenvalue weighted by atomic mass is 16.6. The summed E-state index contributed by atoms with van der Waals surface area (Å²) in [5.41, 5.74) is 1.01. The minimum Gasteiger partial charge on any atom is -0.445 e. The van der Waals surface area contributed by atoms with Crippen molar-refractivity contribution in [3.8, 4) is 0 Å². The summed E-state index contributed by atoms with van der Waals surface area (Å²) in [6.45, 7) is 5.24. The lowest BCUT2D eigenvalue weighted by molar-refractivity contribution is -0.0284. The zero-order valence-corrected chi connectivity index (χ0v) is 15.2. The van der Waals surface area contributed by atoms with Crippen molar-refractivity contribution >= 4 is 6.09 Å². The van der Waals surface area contributed by atoms with Crippen LogP contribution in [-0.2, 0) is 16.1 Å². The molecule has 0 aromatic heterocycles. The lowest BCUT2D eigenvalue weighted by Crippen LogP contribution is -2.50. The summed E-state index contributed by atoms with van der Waals surface area (Å²) in [6, 6.07) is 10.4. The van der Waals surface area contributed by atoms with Crippen LogP contribution in [0.15, 0.2) is 30.3 Å². The number of morpholine rings is 1. The molecule has 1 saturated heterocycles. The first kappa shape index (κ1) is 18.2. The number of nitrogens with one attached hydrogen (secondary N) is 1. The number of ether oxygens (including phenoxy) is 2. The largest absolute Gasteiger partial charge is 0.445 e. The van der Waals surface area contributed by atoms with E-state index in [0.29, 0.717) is 32.3 Å². The Balaban J connectivity index is 1.39. The molecule has 1 aromatic carbocycles. The number of nitrogens with zero attached hydrogens (tertiary/aromatic N) is 1. The van der Waals surface area contributed by atoms with E-state index in [4.69, 9.17) is 9.47 Å². The third kappa shape index (κ3) is 5.72. The third-order valence-electron chi connectivity index (χ3n) is 5.25. The Labute approximate surface area is 150 Å². The zero-order chi connectivity index (χ0) is 17.5. The summed E-state index contributed by atoms with van der Waals surface area (Å²) >= 11 is 0. The highest BCUT2D eigenvalue weighted by Gasteiger charge is 2.26. The molecule has 0 bridgehead atoms. The van der Waals surface area contributed by atoms with Crippen LogP contribution in [0.1, 0.15) is 38.2 Å². The van der Waals surface area contributed by atoms with Gasteiger partial charge in [-0.15, -0.1) is 0 Å². The first-order chi connectivity index (χ1) is 12.2. The molecule has 1 aromatic rings. The van der Waals surface area contributed by atoms with Crippen molar-refractivity contribution < 1.29 is 14.3 Å². The van der Waals surface area contributed by atoms with Crippen LogP contribution in [-0.4, -0.2) is 49.4 Å². The molecule has 3 rings (SSSR count). The van der Waals surface area contributed by atoms with E-state index in [1.165, 1.54) is 25.7 Å². The van der Waals surface area contributed by atoms with E-state index in [1.54, 1.807) is 4.90 Å². The fraction of sp³-hybridized carbons (Fsp3) is 0.650. The number of carbonyl (C=O) groups is 1. The molecule has 5 nitrogen and oxygen atoms in total. The Morgan fingerprint density at radius 2 is 2.00 bits per heavy atom. The third-order valence-corrected chi connectivity index (χ3v) is 5.25. The SMILES string of the molecule is CC1CCC(NCC2CN(C(=O)OCc3ccccc3)CCO2)CC1. The summed E-state index contributed by atoms with van der Waals surface area (Å²) < 4.78 is 11.3. The second kappa shape index (κ2) is 9.20. The van der Waals surface area contributed by atoms with Crippen LogP contribution in [0.5, 0.6) is 0 Å². The predicted octanol–water partition coefficient (Wildman–Crippen LogP) is 3.19. The Morgan fingerprint density at radius 3 is 2.76 bits per heavy atom. The smallest absolute Gasteiger partial charge is 0.410 e. The van der Waals surface area contributed by atoms with E-state index in [1.807, 2.05) is 30.3 Å². The van der Waals surface area contributed by atoms with Gasteiger partial charge in [-0.3, -0.25) is 0 Å². The summed E-state index contributed by atoms with van der Waals surface area (Å²) in [5, 5.41) is 3.63. The average molecular weight is 346 g/mol. The van der Waals surface area contributed by atoms with Crippen molar-refractivity contribution in [2.75, 3.05) is 26.2 Å². The van der Waals surface area contributed by atoms with Crippen molar-refractivity contribution in [1.29, 1.82) is 0 Å². The Morgan fingerprint density at radius 1 is 1.24 bits per heavy atom. The molecule has 5 heteroatoms. The number of rotatable bonds is 5. The monoisotopic (exact) mass is 346 g/mol. The number of carbonyl (C=O) groups excluding carboxylic acids is 1. The predicted molar refractivity (Wildman–Crippen MR) is 97.4 cm³/mol. The molecule has 1 heterocycles. The zero-order valence-electron chi connectivity index (χ0n) is 15.2. The van der Waals surface area contributed by atoms with Gasteiger partial charge in [-0.1, -0.05) is 37.3 Å². The maximum atomic E-state index is 12.3. The van der Waals surface area contributed by atoms with Crippen molar-refractivity contribution in [2.24, 2.45) is 5.92 Å². The first-order valence-electron chi connectivity index (χ1n) is 9.51. The molecule has 1 N–H and O–H groups in total. The van der Waals surface area contributed by atoms with E-state index in [2.05, 4.69) is 12.2 Å². The molecular weight excluding hydrogens is 316 g/mol. The summed E-state index contributed by atoms with van der Waals surface area (Å²) in [4.78, 5) is 14.1. The van der Waals surface area contributed by atoms with Gasteiger partial charge in [0, 0.05) is 19.1 Å². The van der Waals surface area contributed by atoms with Crippen LogP contribution >= 0.6 is 0 Å². The van der Waals surface area contributed by atoms with Crippen molar-refractivity contribution in [1.82, 2.24) is 10.2 Å². The minimum atomic E-state index is -0.247. The summed E-state index contributed by atoms with van der Waals surface area (Å²) in [6.07, 6.45) is 4.91. The van der Waals surface area contributed by atoms with Crippen LogP contribution in [0, 0.1) is 5.92 Å². The van der Waals surface area contributed by atoms with Gasteiger partial charge in [0.15, 0.2) is 0 Å². The van der Waals surface area contributed by atoms with Crippen molar-refractivity contribution in [2.45, 2.75) is 51.4 Å². The second-order valence-electron chi connectivity index (χ2n) is 7.34. The summed E-state index contributed by atoms with van der Waals surface area (Å²) in [5.74, 6) is 0.860. The fourth-order valence-corrected chi connectivity index (χ4v) is 3.58. The standard InChI is InChI=1S/C20H30N2O3/c1-16-7-9-18(10-8-16)21-13-19-14-22(11-12-24-19)20(23)25-15-17-5-3-2-4-6-17/h2-6,16,18-19,21H,7-15H2,1H3. The van der Waals surface area contributed by atoms with E-state index >= 15 is 0 Å². The van der Waals surface area contributed by atoms with Crippen LogP contribution in [0.3, 0.4) is 0 Å². The fourth-order valence-electron chi connectivity index (χ4n) is 3.58. The van der Waals surface area contributed by atoms with E-state index in [9.17, 15) is 4.79 Å². The molecule has 1 aliphatic carbocycles. The molecule has 1 aliphatic heterocycles. The van der Waals surface area contributed by atoms with E-state index < -0.39 is 0 Å². The normalized spacial score (nSPS) is 27.1. The highest BCUT2D eigenvalue weighted by molar-refractivity contribution is 5.67. The van der Waals surface area contributed by atoms with Gasteiger partial charge >= 0.3 is 6.09 Å². The number of hydrogen-bond acceptors (Lipinski definition) is 4. The van der Waals surface area contributed by atoms with Gasteiger partial charge in [-0.2, -0.15) is 0 Å². The Hall–Kier alpha value is -1.59. The maximum Gasteiger partial charge on any atom is 0.410 e. The summed E-state index contributed by atoms with van der Waals surface area (Å²) in [7, 11) is 0. The molecular formula is C20H30N2O3. The van der Waals surface area contributed by atoms with E-state index in [0.717, 1.165) is 18.0 Å².